The minimum Gasteiger partial charge on any atom is -0.394 e. The molecule has 4 atom stereocenters. The number of nitrogens with two attached hydrogens (primary N) is 1. The van der Waals surface area contributed by atoms with Crippen LogP contribution in [0.2, 0.25) is 0 Å². The molecule has 0 aromatic carbocycles. The first-order chi connectivity index (χ1) is 8.16. The van der Waals surface area contributed by atoms with Gasteiger partial charge >= 0.3 is 16.4 Å². The van der Waals surface area contributed by atoms with Crippen LogP contribution in [0.4, 0.5) is 0 Å². The Balaban J connectivity index is 4.65. The third-order valence-corrected chi connectivity index (χ3v) is 2.40. The quantitative estimate of drug-likeness (QED) is 0.246. The molecule has 0 amide bonds. The van der Waals surface area contributed by atoms with Gasteiger partial charge in [0.2, 0.25) is 0 Å². The predicted octanol–water partition coefficient (Wildman–Crippen LogP) is -4.90. The summed E-state index contributed by atoms with van der Waals surface area (Å²) >= 11 is 0. The fraction of sp³-hybridized carbons (Fsp3) is 0.833. The van der Waals surface area contributed by atoms with Crippen LogP contribution in [0.3, 0.4) is 0 Å². The van der Waals surface area contributed by atoms with Crippen molar-refractivity contribution in [1.29, 1.82) is 0 Å². The van der Waals surface area contributed by atoms with E-state index in [2.05, 4.69) is 14.4 Å². The molecule has 0 heterocycles. The van der Waals surface area contributed by atoms with Crippen LogP contribution in [0.1, 0.15) is 0 Å². The topological polar surface area (TPSA) is 197 Å². The second-order valence-corrected chi connectivity index (χ2v) is 4.26. The number of carbonyl (C=O) groups excluding carboxylic acids is 1. The van der Waals surface area contributed by atoms with E-state index in [4.69, 9.17) is 20.4 Å². The molecule has 108 valence electrons. The molecule has 11 nitrogen and oxygen atoms in total. The van der Waals surface area contributed by atoms with Gasteiger partial charge in [0.1, 0.15) is 18.3 Å². The maximum absolute atomic E-state index is 11.0. The highest BCUT2D eigenvalue weighted by Gasteiger charge is 2.37. The van der Waals surface area contributed by atoms with Crippen LogP contribution in [-0.4, -0.2) is 70.9 Å². The van der Waals surface area contributed by atoms with Gasteiger partial charge in [0.05, 0.1) is 6.61 Å². The summed E-state index contributed by atoms with van der Waals surface area (Å²) in [5, 5.41) is 44.8. The van der Waals surface area contributed by atoms with E-state index in [-0.39, 0.29) is 0 Å². The van der Waals surface area contributed by atoms with E-state index in [1.807, 2.05) is 0 Å². The lowest BCUT2D eigenvalue weighted by molar-refractivity contribution is -0.161. The molecule has 0 rings (SSSR count). The van der Waals surface area contributed by atoms with Gasteiger partial charge in [-0.15, -0.1) is 0 Å². The van der Waals surface area contributed by atoms with Crippen molar-refractivity contribution >= 4 is 16.4 Å². The smallest absolute Gasteiger partial charge is 0.394 e. The van der Waals surface area contributed by atoms with Crippen LogP contribution in [-0.2, 0) is 23.7 Å². The van der Waals surface area contributed by atoms with E-state index in [9.17, 15) is 18.3 Å². The summed E-state index contributed by atoms with van der Waals surface area (Å²) in [6.07, 6.45) is -8.78. The van der Waals surface area contributed by atoms with Gasteiger partial charge in [-0.3, -0.25) is 0 Å². The Hall–Kier alpha value is -0.860. The Kier molecular flexibility index (Phi) is 6.58. The summed E-state index contributed by atoms with van der Waals surface area (Å²) in [4.78, 5) is 11.0. The molecular formula is C6H13NO10S. The lowest BCUT2D eigenvalue weighted by Crippen LogP contribution is -2.49. The van der Waals surface area contributed by atoms with E-state index in [0.717, 1.165) is 0 Å². The van der Waals surface area contributed by atoms with Crippen molar-refractivity contribution < 1.29 is 47.2 Å². The molecule has 0 bridgehead atoms. The average molecular weight is 291 g/mol. The monoisotopic (exact) mass is 291 g/mol. The molecule has 0 saturated carbocycles. The highest BCUT2D eigenvalue weighted by Crippen LogP contribution is 2.08. The summed E-state index contributed by atoms with van der Waals surface area (Å²) in [7, 11) is -4.89. The van der Waals surface area contributed by atoms with Crippen LogP contribution in [0, 0.1) is 0 Å². The van der Waals surface area contributed by atoms with Gasteiger partial charge in [-0.25, -0.2) is 4.79 Å². The lowest BCUT2D eigenvalue weighted by atomic mass is 10.0. The van der Waals surface area contributed by atoms with Crippen LogP contribution in [0.5, 0.6) is 0 Å². The zero-order valence-corrected chi connectivity index (χ0v) is 9.60. The van der Waals surface area contributed by atoms with Crippen molar-refractivity contribution in [2.75, 3.05) is 6.61 Å². The van der Waals surface area contributed by atoms with Gasteiger partial charge in [0.25, 0.3) is 0 Å². The molecule has 0 aliphatic carbocycles. The number of aliphatic hydroxyl groups is 5. The first-order valence-corrected chi connectivity index (χ1v) is 5.69. The van der Waals surface area contributed by atoms with Crippen molar-refractivity contribution in [2.24, 2.45) is 5.90 Å². The molecule has 0 fully saturated rings. The van der Waals surface area contributed by atoms with Crippen molar-refractivity contribution in [2.45, 2.75) is 24.4 Å². The van der Waals surface area contributed by atoms with Crippen LogP contribution in [0.25, 0.3) is 0 Å². The van der Waals surface area contributed by atoms with E-state index in [1.165, 1.54) is 0 Å². The second-order valence-electron chi connectivity index (χ2n) is 3.08. The second kappa shape index (κ2) is 6.91. The molecule has 18 heavy (non-hydrogen) atoms. The van der Waals surface area contributed by atoms with Crippen molar-refractivity contribution in [1.82, 2.24) is 0 Å². The molecule has 0 unspecified atom stereocenters. The number of hydrogen-bond donors (Lipinski definition) is 6. The van der Waals surface area contributed by atoms with Gasteiger partial charge in [-0.2, -0.15) is 18.6 Å². The van der Waals surface area contributed by atoms with Crippen molar-refractivity contribution in [3.63, 3.8) is 0 Å². The third-order valence-electron chi connectivity index (χ3n) is 1.80. The maximum Gasteiger partial charge on any atom is 0.468 e. The summed E-state index contributed by atoms with van der Waals surface area (Å²) in [6.45, 7) is -0.968. The molecule has 7 N–H and O–H groups in total. The highest BCUT2D eigenvalue weighted by atomic mass is 32.3. The number of aliphatic hydroxyl groups excluding tert-OH is 5. The van der Waals surface area contributed by atoms with Crippen LogP contribution >= 0.6 is 0 Å². The molecular weight excluding hydrogens is 278 g/mol. The summed E-state index contributed by atoms with van der Waals surface area (Å²) in [5.74, 6) is 2.34. The fourth-order valence-corrected chi connectivity index (χ4v) is 1.17. The Morgan fingerprint density at radius 2 is 1.67 bits per heavy atom. The highest BCUT2D eigenvalue weighted by molar-refractivity contribution is 7.82. The normalized spacial score (nSPS) is 18.8. The molecule has 0 aliphatic heterocycles. The SMILES string of the molecule is NOS(=O)(=O)OC(=O)[C@H](O)[C@@H](O)[C@H](O)[C@H](O)CO. The van der Waals surface area contributed by atoms with Crippen LogP contribution < -0.4 is 5.90 Å². The zero-order valence-electron chi connectivity index (χ0n) is 8.78. The van der Waals surface area contributed by atoms with E-state index >= 15 is 0 Å². The summed E-state index contributed by atoms with van der Waals surface area (Å²) in [5.41, 5.74) is 0. The Bertz CT molecular complexity index is 369. The van der Waals surface area contributed by atoms with Gasteiger partial charge in [0.15, 0.2) is 6.10 Å². The molecule has 0 saturated heterocycles. The first-order valence-electron chi connectivity index (χ1n) is 4.36. The van der Waals surface area contributed by atoms with Gasteiger partial charge in [0, 0.05) is 0 Å². The Labute approximate surface area is 101 Å². The number of hydrogen-bond acceptors (Lipinski definition) is 11. The molecule has 0 spiro atoms. The van der Waals surface area contributed by atoms with Crippen LogP contribution in [0.15, 0.2) is 0 Å². The van der Waals surface area contributed by atoms with E-state index in [1.54, 1.807) is 0 Å². The minimum atomic E-state index is -4.89. The molecule has 0 radical (unpaired) electrons. The molecule has 12 heteroatoms. The maximum atomic E-state index is 11.0. The number of rotatable bonds is 7. The number of carbonyl (C=O) groups is 1. The summed E-state index contributed by atoms with van der Waals surface area (Å²) in [6, 6.07) is 0. The van der Waals surface area contributed by atoms with Gasteiger partial charge in [-0.05, 0) is 0 Å². The molecule has 0 aliphatic rings. The third kappa shape index (κ3) is 4.79. The zero-order chi connectivity index (χ0) is 14.5. The predicted molar refractivity (Wildman–Crippen MR) is 51.4 cm³/mol. The summed E-state index contributed by atoms with van der Waals surface area (Å²) < 4.78 is 27.9. The largest absolute Gasteiger partial charge is 0.468 e. The Morgan fingerprint density at radius 1 is 1.17 bits per heavy atom. The fourth-order valence-electron chi connectivity index (χ4n) is 0.831. The van der Waals surface area contributed by atoms with Gasteiger partial charge in [-0.1, -0.05) is 0 Å². The molecule has 0 aromatic rings. The first kappa shape index (κ1) is 17.1. The van der Waals surface area contributed by atoms with E-state index < -0.39 is 47.4 Å². The Morgan fingerprint density at radius 3 is 2.06 bits per heavy atom. The van der Waals surface area contributed by atoms with Crippen molar-refractivity contribution in [3.05, 3.63) is 0 Å². The lowest BCUT2D eigenvalue weighted by Gasteiger charge is -2.23. The standard InChI is InChI=1S/C6H13NO10S/c7-17-18(14,15)16-6(13)5(12)4(11)3(10)2(9)1-8/h2-5,8-12H,1,7H2/t2-,3-,4+,5-/m1/s1. The van der Waals surface area contributed by atoms with Crippen molar-refractivity contribution in [3.8, 4) is 0 Å². The molecule has 0 aromatic heterocycles. The minimum absolute atomic E-state index is 0.968. The average Bonchev–Trinajstić information content (AvgIpc) is 2.34. The van der Waals surface area contributed by atoms with E-state index in [0.29, 0.717) is 0 Å². The van der Waals surface area contributed by atoms with Gasteiger partial charge < -0.3 is 29.7 Å².